The fourth-order valence-corrected chi connectivity index (χ4v) is 4.04. The number of hydrogen-bond donors (Lipinski definition) is 2. The first kappa shape index (κ1) is 20.2. The van der Waals surface area contributed by atoms with Gasteiger partial charge in [0, 0.05) is 26.2 Å². The van der Waals surface area contributed by atoms with Crippen molar-refractivity contribution in [2.24, 2.45) is 0 Å². The molecule has 3 aromatic rings. The van der Waals surface area contributed by atoms with Gasteiger partial charge in [-0.05, 0) is 31.3 Å². The van der Waals surface area contributed by atoms with Crippen molar-refractivity contribution in [2.45, 2.75) is 0 Å². The second kappa shape index (κ2) is 8.33. The fourth-order valence-electron chi connectivity index (χ4n) is 3.20. The van der Waals surface area contributed by atoms with Gasteiger partial charge >= 0.3 is 0 Å². The Morgan fingerprint density at radius 3 is 2.47 bits per heavy atom. The SMILES string of the molecule is CN1CCN(c2ccc(Nc3nc(N)c(C(=O)c4c(F)cccc4F)s3)nc2)CC1. The van der Waals surface area contributed by atoms with E-state index in [1.54, 1.807) is 6.20 Å². The highest BCUT2D eigenvalue weighted by Gasteiger charge is 2.24. The molecule has 1 aliphatic heterocycles. The van der Waals surface area contributed by atoms with Crippen LogP contribution in [0.15, 0.2) is 36.5 Å². The number of nitrogens with zero attached hydrogens (tertiary/aromatic N) is 4. The lowest BCUT2D eigenvalue weighted by Crippen LogP contribution is -2.44. The molecule has 1 aromatic carbocycles. The molecule has 1 fully saturated rings. The van der Waals surface area contributed by atoms with E-state index < -0.39 is 23.0 Å². The monoisotopic (exact) mass is 430 g/mol. The zero-order chi connectivity index (χ0) is 21.3. The van der Waals surface area contributed by atoms with Gasteiger partial charge in [-0.15, -0.1) is 0 Å². The molecule has 0 spiro atoms. The highest BCUT2D eigenvalue weighted by Crippen LogP contribution is 2.31. The highest BCUT2D eigenvalue weighted by molar-refractivity contribution is 7.18. The number of carbonyl (C=O) groups is 1. The fraction of sp³-hybridized carbons (Fsp3) is 0.250. The van der Waals surface area contributed by atoms with Crippen LogP contribution in [0.3, 0.4) is 0 Å². The normalized spacial score (nSPS) is 14.7. The molecule has 0 saturated carbocycles. The summed E-state index contributed by atoms with van der Waals surface area (Å²) in [5.41, 5.74) is 6.21. The Kier molecular flexibility index (Phi) is 5.60. The maximum absolute atomic E-state index is 13.9. The maximum atomic E-state index is 13.9. The first-order valence-electron chi connectivity index (χ1n) is 9.34. The molecule has 3 N–H and O–H groups in total. The van der Waals surface area contributed by atoms with Gasteiger partial charge in [0.25, 0.3) is 0 Å². The van der Waals surface area contributed by atoms with E-state index in [9.17, 15) is 13.6 Å². The number of aromatic nitrogens is 2. The van der Waals surface area contributed by atoms with Crippen LogP contribution in [0.25, 0.3) is 0 Å². The lowest BCUT2D eigenvalue weighted by Gasteiger charge is -2.33. The van der Waals surface area contributed by atoms with Crippen molar-refractivity contribution < 1.29 is 13.6 Å². The number of nitrogens with two attached hydrogens (primary N) is 1. The summed E-state index contributed by atoms with van der Waals surface area (Å²) >= 11 is 0.921. The number of benzene rings is 1. The van der Waals surface area contributed by atoms with Gasteiger partial charge in [-0.25, -0.2) is 18.7 Å². The standard InChI is InChI=1S/C20H20F2N6OS/c1-27-7-9-28(10-8-27)12-5-6-15(24-11-12)25-20-26-19(23)18(30-20)17(29)16-13(21)3-2-4-14(16)22/h2-6,11H,7-10,23H2,1H3,(H,24,25,26). The van der Waals surface area contributed by atoms with Gasteiger partial charge in [-0.2, -0.15) is 0 Å². The van der Waals surface area contributed by atoms with Gasteiger partial charge in [-0.1, -0.05) is 17.4 Å². The number of nitrogens with one attached hydrogen (secondary N) is 1. The van der Waals surface area contributed by atoms with Crippen LogP contribution in [0.4, 0.5) is 31.2 Å². The molecule has 0 amide bonds. The smallest absolute Gasteiger partial charge is 0.212 e. The van der Waals surface area contributed by atoms with E-state index in [1.807, 2.05) is 12.1 Å². The number of thiazole rings is 1. The average Bonchev–Trinajstić information content (AvgIpc) is 3.09. The van der Waals surface area contributed by atoms with Gasteiger partial charge in [0.15, 0.2) is 5.13 Å². The zero-order valence-electron chi connectivity index (χ0n) is 16.2. The lowest BCUT2D eigenvalue weighted by atomic mass is 10.1. The molecule has 0 unspecified atom stereocenters. The van der Waals surface area contributed by atoms with E-state index in [1.165, 1.54) is 6.07 Å². The van der Waals surface area contributed by atoms with Gasteiger partial charge in [0.1, 0.15) is 28.1 Å². The molecule has 30 heavy (non-hydrogen) atoms. The number of carbonyl (C=O) groups excluding carboxylic acids is 1. The summed E-state index contributed by atoms with van der Waals surface area (Å²) in [6.07, 6.45) is 1.77. The van der Waals surface area contributed by atoms with Crippen molar-refractivity contribution in [2.75, 3.05) is 49.2 Å². The third kappa shape index (κ3) is 4.10. The van der Waals surface area contributed by atoms with Crippen LogP contribution in [0.5, 0.6) is 0 Å². The first-order chi connectivity index (χ1) is 14.4. The van der Waals surface area contributed by atoms with Gasteiger partial charge < -0.3 is 20.9 Å². The summed E-state index contributed by atoms with van der Waals surface area (Å²) in [7, 11) is 2.10. The van der Waals surface area contributed by atoms with Crippen molar-refractivity contribution in [1.82, 2.24) is 14.9 Å². The van der Waals surface area contributed by atoms with Crippen LogP contribution in [0.1, 0.15) is 15.2 Å². The van der Waals surface area contributed by atoms with Crippen LogP contribution in [0, 0.1) is 11.6 Å². The minimum Gasteiger partial charge on any atom is -0.382 e. The Balaban J connectivity index is 1.49. The number of likely N-dealkylation sites (N-methyl/N-ethyl adjacent to an activating group) is 1. The van der Waals surface area contributed by atoms with E-state index in [-0.39, 0.29) is 10.7 Å². The van der Waals surface area contributed by atoms with E-state index in [0.717, 1.165) is 55.3 Å². The second-order valence-electron chi connectivity index (χ2n) is 6.98. The van der Waals surface area contributed by atoms with Crippen LogP contribution in [0.2, 0.25) is 0 Å². The largest absolute Gasteiger partial charge is 0.382 e. The number of nitrogen functional groups attached to an aromatic ring is 1. The quantitative estimate of drug-likeness (QED) is 0.602. The summed E-state index contributed by atoms with van der Waals surface area (Å²) < 4.78 is 27.9. The molecule has 0 aliphatic carbocycles. The van der Waals surface area contributed by atoms with Gasteiger partial charge in [0.2, 0.25) is 5.78 Å². The molecule has 3 heterocycles. The van der Waals surface area contributed by atoms with Gasteiger partial charge in [-0.3, -0.25) is 4.79 Å². The lowest BCUT2D eigenvalue weighted by molar-refractivity contribution is 0.103. The maximum Gasteiger partial charge on any atom is 0.212 e. The van der Waals surface area contributed by atoms with Crippen molar-refractivity contribution >= 4 is 39.6 Å². The Bertz CT molecular complexity index is 1040. The van der Waals surface area contributed by atoms with E-state index in [4.69, 9.17) is 5.73 Å². The zero-order valence-corrected chi connectivity index (χ0v) is 17.0. The van der Waals surface area contributed by atoms with Crippen LogP contribution >= 0.6 is 11.3 Å². The summed E-state index contributed by atoms with van der Waals surface area (Å²) in [4.78, 5) is 25.6. The molecule has 4 rings (SSSR count). The number of ketones is 1. The average molecular weight is 430 g/mol. The third-order valence-electron chi connectivity index (χ3n) is 4.90. The summed E-state index contributed by atoms with van der Waals surface area (Å²) in [5.74, 6) is -2.29. The number of piperazine rings is 1. The molecule has 0 radical (unpaired) electrons. The van der Waals surface area contributed by atoms with Crippen LogP contribution < -0.4 is 16.0 Å². The van der Waals surface area contributed by atoms with Crippen molar-refractivity contribution in [3.05, 3.63) is 58.6 Å². The van der Waals surface area contributed by atoms with Gasteiger partial charge in [0.05, 0.1) is 17.4 Å². The number of rotatable bonds is 5. The molecule has 0 atom stereocenters. The van der Waals surface area contributed by atoms with E-state index in [0.29, 0.717) is 10.9 Å². The third-order valence-corrected chi connectivity index (χ3v) is 5.89. The summed E-state index contributed by atoms with van der Waals surface area (Å²) in [5, 5.41) is 3.30. The highest BCUT2D eigenvalue weighted by atomic mass is 32.1. The van der Waals surface area contributed by atoms with Crippen molar-refractivity contribution in [1.29, 1.82) is 0 Å². The summed E-state index contributed by atoms with van der Waals surface area (Å²) in [6.45, 7) is 3.87. The Hall–Kier alpha value is -3.11. The molecule has 10 heteroatoms. The first-order valence-corrected chi connectivity index (χ1v) is 10.2. The minimum absolute atomic E-state index is 0.0319. The molecule has 2 aromatic heterocycles. The number of anilines is 4. The number of pyridine rings is 1. The molecule has 1 saturated heterocycles. The summed E-state index contributed by atoms with van der Waals surface area (Å²) in [6, 6.07) is 7.01. The topological polar surface area (TPSA) is 87.4 Å². The van der Waals surface area contributed by atoms with Crippen LogP contribution in [-0.4, -0.2) is 53.9 Å². The molecule has 0 bridgehead atoms. The Morgan fingerprint density at radius 1 is 1.13 bits per heavy atom. The Labute approximate surface area is 176 Å². The Morgan fingerprint density at radius 2 is 1.83 bits per heavy atom. The molecule has 156 valence electrons. The predicted octanol–water partition coefficient (Wildman–Crippen LogP) is 3.12. The number of halogens is 2. The van der Waals surface area contributed by atoms with Crippen molar-refractivity contribution in [3.8, 4) is 0 Å². The minimum atomic E-state index is -0.941. The number of hydrogen-bond acceptors (Lipinski definition) is 8. The van der Waals surface area contributed by atoms with Crippen LogP contribution in [-0.2, 0) is 0 Å². The molecule has 7 nitrogen and oxygen atoms in total. The van der Waals surface area contributed by atoms with E-state index >= 15 is 0 Å². The van der Waals surface area contributed by atoms with Crippen molar-refractivity contribution in [3.63, 3.8) is 0 Å². The molecular formula is C20H20F2N6OS. The van der Waals surface area contributed by atoms with E-state index in [2.05, 4.69) is 32.1 Å². The predicted molar refractivity (Wildman–Crippen MR) is 114 cm³/mol. The second-order valence-corrected chi connectivity index (χ2v) is 7.98. The molecular weight excluding hydrogens is 410 g/mol. The molecule has 1 aliphatic rings.